The highest BCUT2D eigenvalue weighted by Crippen LogP contribution is 2.45. The van der Waals surface area contributed by atoms with Crippen LogP contribution in [0.15, 0.2) is 180 Å². The number of oxazole rings is 2. The predicted molar refractivity (Wildman–Crippen MR) is 194 cm³/mol. The van der Waals surface area contributed by atoms with Gasteiger partial charge in [-0.2, -0.15) is 0 Å². The minimum atomic E-state index is 0.821. The van der Waals surface area contributed by atoms with Crippen LogP contribution >= 0.6 is 0 Å². The van der Waals surface area contributed by atoms with Crippen LogP contribution in [0, 0.1) is 0 Å². The van der Waals surface area contributed by atoms with Crippen molar-refractivity contribution in [2.24, 2.45) is 0 Å². The number of hydrogen-bond donors (Lipinski definition) is 0. The second kappa shape index (κ2) is 11.7. The molecule has 0 atom stereocenters. The fourth-order valence-electron chi connectivity index (χ4n) is 6.81. The van der Waals surface area contributed by atoms with Crippen molar-refractivity contribution in [1.29, 1.82) is 0 Å². The van der Waals surface area contributed by atoms with Crippen molar-refractivity contribution in [2.75, 3.05) is 0 Å². The van der Waals surface area contributed by atoms with Crippen molar-refractivity contribution in [2.45, 2.75) is 0 Å². The maximum Gasteiger partial charge on any atom is 0.181 e. The number of hydrogen-bond acceptors (Lipinski definition) is 4. The number of rotatable bonds is 6. The molecule has 9 rings (SSSR count). The molecule has 0 aliphatic carbocycles. The van der Waals surface area contributed by atoms with Gasteiger partial charge in [-0.1, -0.05) is 133 Å². The lowest BCUT2D eigenvalue weighted by atomic mass is 9.84. The lowest BCUT2D eigenvalue weighted by molar-refractivity contribution is 0.558. The van der Waals surface area contributed by atoms with Crippen LogP contribution in [0.5, 0.6) is 0 Å². The van der Waals surface area contributed by atoms with Gasteiger partial charge < -0.3 is 8.83 Å². The molecular weight excluding hydrogens is 588 g/mol. The summed E-state index contributed by atoms with van der Waals surface area (Å²) in [6.07, 6.45) is 6.29. The van der Waals surface area contributed by atoms with Gasteiger partial charge in [0.15, 0.2) is 12.8 Å². The van der Waals surface area contributed by atoms with E-state index in [1.165, 1.54) is 67.7 Å². The van der Waals surface area contributed by atoms with Gasteiger partial charge in [0.1, 0.15) is 23.9 Å². The van der Waals surface area contributed by atoms with E-state index in [0.29, 0.717) is 0 Å². The Labute approximate surface area is 277 Å². The van der Waals surface area contributed by atoms with Gasteiger partial charge in [0.25, 0.3) is 0 Å². The summed E-state index contributed by atoms with van der Waals surface area (Å²) >= 11 is 0. The molecular formula is C44H28N2O2. The summed E-state index contributed by atoms with van der Waals surface area (Å²) < 4.78 is 10.5. The minimum absolute atomic E-state index is 0.821. The Balaban J connectivity index is 1.28. The molecule has 7 aromatic carbocycles. The molecule has 0 N–H and O–H groups in total. The number of benzene rings is 7. The van der Waals surface area contributed by atoms with E-state index in [1.807, 2.05) is 0 Å². The van der Waals surface area contributed by atoms with Crippen LogP contribution in [-0.2, 0) is 0 Å². The Morgan fingerprint density at radius 2 is 0.750 bits per heavy atom. The molecule has 0 aliphatic rings. The van der Waals surface area contributed by atoms with Crippen molar-refractivity contribution in [3.05, 3.63) is 171 Å². The van der Waals surface area contributed by atoms with Gasteiger partial charge in [0.05, 0.1) is 0 Å². The highest BCUT2D eigenvalue weighted by atomic mass is 16.3. The summed E-state index contributed by atoms with van der Waals surface area (Å²) in [5.41, 5.74) is 13.1. The van der Waals surface area contributed by atoms with Gasteiger partial charge in [-0.05, 0) is 78.2 Å². The maximum absolute atomic E-state index is 5.26. The summed E-state index contributed by atoms with van der Waals surface area (Å²) in [7, 11) is 0. The molecule has 0 bridgehead atoms. The summed E-state index contributed by atoms with van der Waals surface area (Å²) in [4.78, 5) is 8.70. The van der Waals surface area contributed by atoms with Gasteiger partial charge in [0.2, 0.25) is 0 Å². The highest BCUT2D eigenvalue weighted by Gasteiger charge is 2.18. The normalized spacial score (nSPS) is 11.3. The summed E-state index contributed by atoms with van der Waals surface area (Å²) in [6.45, 7) is 0. The number of aromatic nitrogens is 2. The Bertz CT molecular complexity index is 2520. The third-order valence-electron chi connectivity index (χ3n) is 9.13. The van der Waals surface area contributed by atoms with Crippen molar-refractivity contribution in [3.8, 4) is 67.0 Å². The molecule has 2 heterocycles. The van der Waals surface area contributed by atoms with Crippen LogP contribution in [0.25, 0.3) is 88.6 Å². The quantitative estimate of drug-likeness (QED) is 0.174. The van der Waals surface area contributed by atoms with Gasteiger partial charge >= 0.3 is 0 Å². The molecule has 0 saturated heterocycles. The SMILES string of the molecule is c1ccc(-c2cccc(-c3ccc4c(-c5ccc(-c6cocn6)cc5)c5ccccc5c(-c5ccc(-c6cocn6)cc5)c4c3)c2)cc1. The number of nitrogens with zero attached hydrogens (tertiary/aromatic N) is 2. The van der Waals surface area contributed by atoms with E-state index in [0.717, 1.165) is 33.6 Å². The predicted octanol–water partition coefficient (Wildman–Crippen LogP) is 12.0. The second-order valence-corrected chi connectivity index (χ2v) is 11.9. The average molecular weight is 617 g/mol. The molecule has 48 heavy (non-hydrogen) atoms. The van der Waals surface area contributed by atoms with Crippen molar-refractivity contribution in [1.82, 2.24) is 9.97 Å². The zero-order valence-corrected chi connectivity index (χ0v) is 25.9. The average Bonchev–Trinajstić information content (AvgIpc) is 3.91. The lowest BCUT2D eigenvalue weighted by Gasteiger charge is -2.19. The molecule has 0 spiro atoms. The Hall–Kier alpha value is -6.52. The zero-order valence-electron chi connectivity index (χ0n) is 25.9. The lowest BCUT2D eigenvalue weighted by Crippen LogP contribution is -1.92. The maximum atomic E-state index is 5.26. The number of fused-ring (bicyclic) bond motifs is 2. The Morgan fingerprint density at radius 3 is 1.31 bits per heavy atom. The van der Waals surface area contributed by atoms with E-state index in [4.69, 9.17) is 8.83 Å². The van der Waals surface area contributed by atoms with Crippen LogP contribution in [0.4, 0.5) is 0 Å². The minimum Gasteiger partial charge on any atom is -0.451 e. The van der Waals surface area contributed by atoms with E-state index < -0.39 is 0 Å². The van der Waals surface area contributed by atoms with Crippen LogP contribution < -0.4 is 0 Å². The first-order valence-corrected chi connectivity index (χ1v) is 15.9. The van der Waals surface area contributed by atoms with Crippen LogP contribution in [-0.4, -0.2) is 9.97 Å². The monoisotopic (exact) mass is 616 g/mol. The largest absolute Gasteiger partial charge is 0.451 e. The molecule has 0 aliphatic heterocycles. The van der Waals surface area contributed by atoms with E-state index in [-0.39, 0.29) is 0 Å². The summed E-state index contributed by atoms with van der Waals surface area (Å²) in [5, 5.41) is 4.79. The van der Waals surface area contributed by atoms with Crippen LogP contribution in [0.3, 0.4) is 0 Å². The van der Waals surface area contributed by atoms with Crippen LogP contribution in [0.1, 0.15) is 0 Å². The molecule has 226 valence electrons. The topological polar surface area (TPSA) is 52.1 Å². The first kappa shape index (κ1) is 27.8. The molecule has 0 unspecified atom stereocenters. The van der Waals surface area contributed by atoms with Crippen molar-refractivity contribution < 1.29 is 8.83 Å². The summed E-state index contributed by atoms with van der Waals surface area (Å²) in [5.74, 6) is 0. The molecule has 0 saturated carbocycles. The molecule has 4 nitrogen and oxygen atoms in total. The first-order valence-electron chi connectivity index (χ1n) is 15.9. The third kappa shape index (κ3) is 4.88. The van der Waals surface area contributed by atoms with Gasteiger partial charge in [-0.15, -0.1) is 0 Å². The second-order valence-electron chi connectivity index (χ2n) is 11.9. The van der Waals surface area contributed by atoms with Gasteiger partial charge in [-0.3, -0.25) is 0 Å². The molecule has 0 fully saturated rings. The third-order valence-corrected chi connectivity index (χ3v) is 9.13. The Morgan fingerprint density at radius 1 is 0.312 bits per heavy atom. The van der Waals surface area contributed by atoms with E-state index in [2.05, 4.69) is 156 Å². The highest BCUT2D eigenvalue weighted by molar-refractivity contribution is 6.22. The van der Waals surface area contributed by atoms with Crippen molar-refractivity contribution >= 4 is 21.5 Å². The fraction of sp³-hybridized carbons (Fsp3) is 0. The summed E-state index contributed by atoms with van der Waals surface area (Å²) in [6, 6.07) is 52.3. The first-order chi connectivity index (χ1) is 23.8. The van der Waals surface area contributed by atoms with E-state index in [9.17, 15) is 0 Å². The molecule has 0 amide bonds. The Kier molecular flexibility index (Phi) is 6.76. The molecule has 0 radical (unpaired) electrons. The fourth-order valence-corrected chi connectivity index (χ4v) is 6.81. The van der Waals surface area contributed by atoms with E-state index in [1.54, 1.807) is 12.5 Å². The molecule has 4 heteroatoms. The standard InChI is InChI=1S/C44H28N2O2/c1-2-7-29(8-3-1)34-9-6-10-35(23-34)36-21-22-39-40(24-36)44(33-19-15-31(16-20-33)42-26-48-28-46-42)38-12-5-4-11-37(38)43(39)32-17-13-30(14-18-32)41-25-47-27-45-41/h1-28H. The molecule has 2 aromatic heterocycles. The van der Waals surface area contributed by atoms with Crippen molar-refractivity contribution in [3.63, 3.8) is 0 Å². The van der Waals surface area contributed by atoms with Gasteiger partial charge in [0, 0.05) is 11.1 Å². The molecule has 9 aromatic rings. The van der Waals surface area contributed by atoms with E-state index >= 15 is 0 Å². The van der Waals surface area contributed by atoms with Crippen LogP contribution in [0.2, 0.25) is 0 Å². The zero-order chi connectivity index (χ0) is 31.9. The smallest absolute Gasteiger partial charge is 0.181 e. The van der Waals surface area contributed by atoms with Gasteiger partial charge in [-0.25, -0.2) is 9.97 Å².